The van der Waals surface area contributed by atoms with Crippen molar-refractivity contribution >= 4 is 21.6 Å². The Morgan fingerprint density at radius 1 is 1.53 bits per heavy atom. The van der Waals surface area contributed by atoms with E-state index in [1.54, 1.807) is 18.7 Å². The maximum Gasteiger partial charge on any atom is 0.166 e. The number of rotatable bonds is 5. The smallest absolute Gasteiger partial charge is 0.166 e. The molecule has 2 unspecified atom stereocenters. The molecular weight excluding hydrogens is 286 g/mol. The lowest BCUT2D eigenvalue weighted by Crippen LogP contribution is -2.52. The van der Waals surface area contributed by atoms with Crippen LogP contribution in [0.2, 0.25) is 0 Å². The highest BCUT2D eigenvalue weighted by molar-refractivity contribution is 8.01. The van der Waals surface area contributed by atoms with Crippen molar-refractivity contribution in [2.24, 2.45) is 5.41 Å². The van der Waals surface area contributed by atoms with Crippen molar-refractivity contribution in [2.75, 3.05) is 50.2 Å². The molecule has 0 aliphatic carbocycles. The molecule has 0 radical (unpaired) electrons. The molecule has 2 saturated heterocycles. The molecule has 0 spiro atoms. The average Bonchev–Trinajstić information content (AvgIpc) is 2.88. The van der Waals surface area contributed by atoms with Crippen LogP contribution in [0.1, 0.15) is 13.3 Å². The van der Waals surface area contributed by atoms with E-state index in [-0.39, 0.29) is 17.8 Å². The first-order valence-corrected chi connectivity index (χ1v) is 9.62. The third-order valence-corrected chi connectivity index (χ3v) is 7.40. The summed E-state index contributed by atoms with van der Waals surface area (Å²) in [4.78, 5) is 2.04. The first-order valence-electron chi connectivity index (χ1n) is 6.75. The minimum atomic E-state index is -3.06. The fourth-order valence-electron chi connectivity index (χ4n) is 2.70. The minimum absolute atomic E-state index is 0.0650. The third-order valence-electron chi connectivity index (χ3n) is 4.07. The molecule has 2 aliphatic heterocycles. The lowest BCUT2D eigenvalue weighted by molar-refractivity contribution is 0.0553. The predicted octanol–water partition coefficient (Wildman–Crippen LogP) is 0.195. The number of nitrogens with zero attached hydrogens (tertiary/aromatic N) is 1. The summed E-state index contributed by atoms with van der Waals surface area (Å²) in [6.45, 7) is 4.35. The number of aliphatic hydroxyl groups is 1. The summed E-state index contributed by atoms with van der Waals surface area (Å²) >= 11 is 1.70. The van der Waals surface area contributed by atoms with E-state index in [9.17, 15) is 13.5 Å². The second-order valence-corrected chi connectivity index (χ2v) is 9.01. The Balaban J connectivity index is 2.12. The highest BCUT2D eigenvalue weighted by Gasteiger charge is 2.41. The SMILES string of the molecule is CCS(=O)(=O)C1CSCCN1CC1(CO)CCOC1. The molecule has 0 aromatic rings. The van der Waals surface area contributed by atoms with Crippen LogP contribution in [0.25, 0.3) is 0 Å². The van der Waals surface area contributed by atoms with Crippen LogP contribution >= 0.6 is 11.8 Å². The van der Waals surface area contributed by atoms with Gasteiger partial charge in [-0.15, -0.1) is 0 Å². The number of aliphatic hydroxyl groups excluding tert-OH is 1. The molecule has 2 rings (SSSR count). The van der Waals surface area contributed by atoms with Crippen LogP contribution in [0.15, 0.2) is 0 Å². The molecule has 2 heterocycles. The Hall–Kier alpha value is 0.180. The highest BCUT2D eigenvalue weighted by Crippen LogP contribution is 2.32. The maximum absolute atomic E-state index is 12.2. The van der Waals surface area contributed by atoms with Crippen molar-refractivity contribution in [1.82, 2.24) is 4.90 Å². The lowest BCUT2D eigenvalue weighted by atomic mass is 9.87. The van der Waals surface area contributed by atoms with Crippen LogP contribution in [-0.4, -0.2) is 74.0 Å². The average molecular weight is 309 g/mol. The Morgan fingerprint density at radius 3 is 2.89 bits per heavy atom. The van der Waals surface area contributed by atoms with Crippen molar-refractivity contribution in [3.05, 3.63) is 0 Å². The summed E-state index contributed by atoms with van der Waals surface area (Å²) in [5.41, 5.74) is -0.274. The number of hydrogen-bond donors (Lipinski definition) is 1. The van der Waals surface area contributed by atoms with Gasteiger partial charge in [-0.25, -0.2) is 8.42 Å². The molecular formula is C12H23NO4S2. The van der Waals surface area contributed by atoms with E-state index in [1.165, 1.54) is 0 Å². The van der Waals surface area contributed by atoms with E-state index >= 15 is 0 Å². The summed E-state index contributed by atoms with van der Waals surface area (Å²) in [6.07, 6.45) is 0.812. The van der Waals surface area contributed by atoms with Crippen molar-refractivity contribution in [2.45, 2.75) is 18.7 Å². The van der Waals surface area contributed by atoms with E-state index in [2.05, 4.69) is 0 Å². The van der Waals surface area contributed by atoms with Gasteiger partial charge in [-0.05, 0) is 6.42 Å². The highest BCUT2D eigenvalue weighted by atomic mass is 32.2. The molecule has 2 aliphatic rings. The monoisotopic (exact) mass is 309 g/mol. The molecule has 0 aromatic heterocycles. The normalized spacial score (nSPS) is 33.7. The molecule has 7 heteroatoms. The van der Waals surface area contributed by atoms with Gasteiger partial charge in [0.05, 0.1) is 13.2 Å². The van der Waals surface area contributed by atoms with E-state index in [4.69, 9.17) is 4.74 Å². The quantitative estimate of drug-likeness (QED) is 0.782. The van der Waals surface area contributed by atoms with Crippen molar-refractivity contribution in [3.63, 3.8) is 0 Å². The van der Waals surface area contributed by atoms with Crippen LogP contribution in [0.5, 0.6) is 0 Å². The van der Waals surface area contributed by atoms with Gasteiger partial charge in [0.25, 0.3) is 0 Å². The van der Waals surface area contributed by atoms with Gasteiger partial charge < -0.3 is 9.84 Å². The zero-order valence-electron chi connectivity index (χ0n) is 11.4. The summed E-state index contributed by atoms with van der Waals surface area (Å²) in [6, 6.07) is 0. The topological polar surface area (TPSA) is 66.8 Å². The third kappa shape index (κ3) is 3.44. The van der Waals surface area contributed by atoms with Crippen molar-refractivity contribution < 1.29 is 18.3 Å². The predicted molar refractivity (Wildman–Crippen MR) is 77.1 cm³/mol. The molecule has 2 atom stereocenters. The second kappa shape index (κ2) is 6.30. The second-order valence-electron chi connectivity index (χ2n) is 5.41. The summed E-state index contributed by atoms with van der Waals surface area (Å²) in [7, 11) is -3.06. The molecule has 2 fully saturated rings. The van der Waals surface area contributed by atoms with Gasteiger partial charge in [0.15, 0.2) is 9.84 Å². The van der Waals surface area contributed by atoms with Gasteiger partial charge in [0.1, 0.15) is 5.37 Å². The minimum Gasteiger partial charge on any atom is -0.396 e. The van der Waals surface area contributed by atoms with Gasteiger partial charge in [0, 0.05) is 42.4 Å². The number of hydrogen-bond acceptors (Lipinski definition) is 6. The van der Waals surface area contributed by atoms with Crippen LogP contribution in [0.3, 0.4) is 0 Å². The van der Waals surface area contributed by atoms with Gasteiger partial charge in [0.2, 0.25) is 0 Å². The Bertz CT molecular complexity index is 393. The van der Waals surface area contributed by atoms with Crippen molar-refractivity contribution in [3.8, 4) is 0 Å². The molecule has 19 heavy (non-hydrogen) atoms. The molecule has 0 aromatic carbocycles. The number of sulfone groups is 1. The Labute approximate surface area is 119 Å². The summed E-state index contributed by atoms with van der Waals surface area (Å²) in [5.74, 6) is 1.77. The molecule has 0 amide bonds. The van der Waals surface area contributed by atoms with E-state index < -0.39 is 15.2 Å². The first kappa shape index (κ1) is 15.6. The summed E-state index contributed by atoms with van der Waals surface area (Å²) < 4.78 is 29.8. The van der Waals surface area contributed by atoms with Crippen LogP contribution in [0, 0.1) is 5.41 Å². The molecule has 1 N–H and O–H groups in total. The molecule has 0 bridgehead atoms. The zero-order valence-corrected chi connectivity index (χ0v) is 13.0. The van der Waals surface area contributed by atoms with Gasteiger partial charge >= 0.3 is 0 Å². The Morgan fingerprint density at radius 2 is 2.32 bits per heavy atom. The van der Waals surface area contributed by atoms with Gasteiger partial charge in [-0.3, -0.25) is 4.90 Å². The van der Waals surface area contributed by atoms with Crippen LogP contribution in [-0.2, 0) is 14.6 Å². The lowest BCUT2D eigenvalue weighted by Gasteiger charge is -2.39. The fraction of sp³-hybridized carbons (Fsp3) is 1.00. The molecule has 0 saturated carbocycles. The number of thioether (sulfide) groups is 1. The van der Waals surface area contributed by atoms with E-state index in [0.29, 0.717) is 25.5 Å². The van der Waals surface area contributed by atoms with E-state index in [1.807, 2.05) is 4.90 Å². The van der Waals surface area contributed by atoms with Crippen molar-refractivity contribution in [1.29, 1.82) is 0 Å². The molecule has 5 nitrogen and oxygen atoms in total. The van der Waals surface area contributed by atoms with Gasteiger partial charge in [-0.1, -0.05) is 6.92 Å². The van der Waals surface area contributed by atoms with Crippen LogP contribution < -0.4 is 0 Å². The van der Waals surface area contributed by atoms with Crippen LogP contribution in [0.4, 0.5) is 0 Å². The van der Waals surface area contributed by atoms with Gasteiger partial charge in [-0.2, -0.15) is 11.8 Å². The Kier molecular flexibility index (Phi) is 5.16. The molecule has 112 valence electrons. The number of ether oxygens (including phenoxy) is 1. The zero-order chi connectivity index (χ0) is 13.9. The largest absolute Gasteiger partial charge is 0.396 e. The first-order chi connectivity index (χ1) is 9.03. The maximum atomic E-state index is 12.2. The summed E-state index contributed by atoms with van der Waals surface area (Å²) in [5, 5.41) is 9.23. The van der Waals surface area contributed by atoms with E-state index in [0.717, 1.165) is 18.7 Å². The fourth-order valence-corrected chi connectivity index (χ4v) is 5.78. The standard InChI is InChI=1S/C12H23NO4S2/c1-2-19(15,16)11-7-18-6-4-13(11)8-12(9-14)3-5-17-10-12/h11,14H,2-10H2,1H3.